The van der Waals surface area contributed by atoms with Gasteiger partial charge < -0.3 is 4.57 Å². The van der Waals surface area contributed by atoms with E-state index in [4.69, 9.17) is 4.74 Å². The average molecular weight is 486 g/mol. The first-order valence-electron chi connectivity index (χ1n) is 13.2. The number of nitrogens with zero attached hydrogens (tertiary/aromatic N) is 3. The molecule has 35 heavy (non-hydrogen) atoms. The Bertz CT molecular complexity index is 1430. The molecule has 0 radical (unpaired) electrons. The van der Waals surface area contributed by atoms with E-state index in [1.807, 2.05) is 0 Å². The zero-order chi connectivity index (χ0) is 24.8. The van der Waals surface area contributed by atoms with Crippen molar-refractivity contribution in [1.29, 1.82) is 0 Å². The second kappa shape index (κ2) is 9.26. The lowest BCUT2D eigenvalue weighted by atomic mass is 10.1. The summed E-state index contributed by atoms with van der Waals surface area (Å²) in [5, 5.41) is 4.14. The van der Waals surface area contributed by atoms with E-state index in [-0.39, 0.29) is 5.16 Å². The van der Waals surface area contributed by atoms with Crippen LogP contribution in [0.25, 0.3) is 21.8 Å². The highest BCUT2D eigenvalue weighted by Gasteiger charge is 2.42. The van der Waals surface area contributed by atoms with Crippen LogP contribution in [0, 0.1) is 13.8 Å². The fourth-order valence-corrected chi connectivity index (χ4v) is 10.5. The van der Waals surface area contributed by atoms with E-state index in [1.54, 1.807) is 0 Å². The molecule has 184 valence electrons. The van der Waals surface area contributed by atoms with Gasteiger partial charge in [-0.05, 0) is 69.5 Å². The summed E-state index contributed by atoms with van der Waals surface area (Å²) in [5.41, 5.74) is 6.38. The topological polar surface area (TPSA) is 20.5 Å². The van der Waals surface area contributed by atoms with Gasteiger partial charge in [-0.3, -0.25) is 4.67 Å². The summed E-state index contributed by atoms with van der Waals surface area (Å²) in [5.74, 6) is 0. The molecular weight excluding hydrogens is 445 g/mol. The first-order chi connectivity index (χ1) is 16.8. The van der Waals surface area contributed by atoms with Crippen molar-refractivity contribution in [3.63, 3.8) is 0 Å². The monoisotopic (exact) mass is 485 g/mol. The number of piperidine rings is 1. The van der Waals surface area contributed by atoms with Gasteiger partial charge in [0.05, 0.1) is 12.9 Å². The third-order valence-corrected chi connectivity index (χ3v) is 12.3. The summed E-state index contributed by atoms with van der Waals surface area (Å²) in [4.78, 5) is 0. The molecule has 1 aromatic heterocycles. The van der Waals surface area contributed by atoms with Crippen LogP contribution in [0.4, 0.5) is 5.69 Å². The van der Waals surface area contributed by atoms with Gasteiger partial charge >= 0.3 is 0 Å². The highest BCUT2D eigenvalue weighted by molar-refractivity contribution is 7.73. The highest BCUT2D eigenvalue weighted by atomic mass is 31.2. The number of para-hydroxylation sites is 1. The second-order valence-corrected chi connectivity index (χ2v) is 15.0. The molecule has 2 heterocycles. The Balaban J connectivity index is 1.86. The van der Waals surface area contributed by atoms with Crippen molar-refractivity contribution < 1.29 is 0 Å². The molecule has 1 aliphatic rings. The Morgan fingerprint density at radius 1 is 0.829 bits per heavy atom. The van der Waals surface area contributed by atoms with Gasteiger partial charge in [0.2, 0.25) is 0 Å². The molecule has 4 heteroatoms. The van der Waals surface area contributed by atoms with E-state index in [1.165, 1.54) is 57.5 Å². The van der Waals surface area contributed by atoms with Crippen LogP contribution in [-0.2, 0) is 6.54 Å². The molecule has 0 aliphatic carbocycles. The van der Waals surface area contributed by atoms with Gasteiger partial charge in [-0.1, -0.05) is 63.1 Å². The lowest BCUT2D eigenvalue weighted by Gasteiger charge is -2.47. The Kier molecular flexibility index (Phi) is 6.45. The standard InChI is InChI=1S/C31H40N3P/c1-7-34-29-14-10-9-13-26(29)27-22-25(16-18-30(27)34)35(31(4,5)6,33-19-11-8-12-20-33)32-28-17-15-23(2)21-24(28)3/h9-10,13-18,21-22H,7-8,11-12,19-20H2,1-6H3/t35-/m1/s1. The Morgan fingerprint density at radius 3 is 2.23 bits per heavy atom. The van der Waals surface area contributed by atoms with Crippen LogP contribution < -0.4 is 5.30 Å². The van der Waals surface area contributed by atoms with Gasteiger partial charge in [0.1, 0.15) is 0 Å². The maximum Gasteiger partial charge on any atom is 0.0720 e. The molecule has 5 rings (SSSR count). The van der Waals surface area contributed by atoms with Crippen LogP contribution in [0.2, 0.25) is 0 Å². The van der Waals surface area contributed by atoms with E-state index in [0.717, 1.165) is 25.3 Å². The summed E-state index contributed by atoms with van der Waals surface area (Å²) in [6.07, 6.45) is 3.85. The fourth-order valence-electron chi connectivity index (χ4n) is 6.06. The van der Waals surface area contributed by atoms with Crippen LogP contribution >= 0.6 is 7.21 Å². The van der Waals surface area contributed by atoms with E-state index < -0.39 is 7.21 Å². The first-order valence-corrected chi connectivity index (χ1v) is 14.9. The van der Waals surface area contributed by atoms with Gasteiger partial charge in [-0.25, -0.2) is 4.74 Å². The van der Waals surface area contributed by atoms with Crippen molar-refractivity contribution in [3.8, 4) is 0 Å². The van der Waals surface area contributed by atoms with Crippen molar-refractivity contribution in [1.82, 2.24) is 9.24 Å². The summed E-state index contributed by atoms with van der Waals surface area (Å²) < 4.78 is 11.1. The molecule has 0 spiro atoms. The lowest BCUT2D eigenvalue weighted by Crippen LogP contribution is -2.39. The number of hydrogen-bond acceptors (Lipinski definition) is 1. The maximum absolute atomic E-state index is 5.84. The number of rotatable bonds is 4. The Morgan fingerprint density at radius 2 is 1.54 bits per heavy atom. The molecule has 4 aromatic rings. The highest BCUT2D eigenvalue weighted by Crippen LogP contribution is 2.65. The van der Waals surface area contributed by atoms with Crippen LogP contribution in [0.5, 0.6) is 0 Å². The largest absolute Gasteiger partial charge is 0.341 e. The molecular formula is C31H40N3P. The molecule has 1 aliphatic heterocycles. The molecule has 0 unspecified atom stereocenters. The third kappa shape index (κ3) is 4.07. The molecule has 3 aromatic carbocycles. The average Bonchev–Trinajstić information content (AvgIpc) is 3.16. The number of aromatic nitrogens is 1. The molecule has 0 amide bonds. The normalized spacial score (nSPS) is 17.1. The van der Waals surface area contributed by atoms with E-state index in [0.29, 0.717) is 0 Å². The zero-order valence-corrected chi connectivity index (χ0v) is 23.2. The minimum absolute atomic E-state index is 0.0124. The van der Waals surface area contributed by atoms with Crippen molar-refractivity contribution >= 4 is 40.0 Å². The van der Waals surface area contributed by atoms with Crippen molar-refractivity contribution in [2.24, 2.45) is 4.74 Å². The molecule has 3 nitrogen and oxygen atoms in total. The summed E-state index contributed by atoms with van der Waals surface area (Å²) in [6, 6.07) is 22.9. The first kappa shape index (κ1) is 24.3. The Labute approximate surface area is 211 Å². The predicted molar refractivity (Wildman–Crippen MR) is 155 cm³/mol. The van der Waals surface area contributed by atoms with Crippen molar-refractivity contribution in [3.05, 3.63) is 71.8 Å². The summed E-state index contributed by atoms with van der Waals surface area (Å²) in [7, 11) is -2.10. The number of aryl methyl sites for hydroxylation is 3. The van der Waals surface area contributed by atoms with Crippen LogP contribution in [0.15, 0.2) is 65.4 Å². The predicted octanol–water partition coefficient (Wildman–Crippen LogP) is 8.79. The molecule has 1 fully saturated rings. The minimum Gasteiger partial charge on any atom is -0.341 e. The zero-order valence-electron chi connectivity index (χ0n) is 22.3. The van der Waals surface area contributed by atoms with Crippen LogP contribution in [0.3, 0.4) is 0 Å². The smallest absolute Gasteiger partial charge is 0.0720 e. The number of benzene rings is 3. The SMILES string of the molecule is CCn1c2ccccc2c2cc([P@@](=Nc3ccc(C)cc3C)(N3CCCCC3)C(C)(C)C)ccc21. The van der Waals surface area contributed by atoms with E-state index in [2.05, 4.69) is 111 Å². The minimum atomic E-state index is -2.10. The van der Waals surface area contributed by atoms with Gasteiger partial charge in [-0.15, -0.1) is 0 Å². The van der Waals surface area contributed by atoms with E-state index in [9.17, 15) is 0 Å². The van der Waals surface area contributed by atoms with Crippen molar-refractivity contribution in [2.75, 3.05) is 13.1 Å². The number of hydrogen-bond donors (Lipinski definition) is 0. The molecule has 1 saturated heterocycles. The number of fused-ring (bicyclic) bond motifs is 3. The van der Waals surface area contributed by atoms with Crippen LogP contribution in [0.1, 0.15) is 58.1 Å². The van der Waals surface area contributed by atoms with Gasteiger partial charge in [0, 0.05) is 51.9 Å². The van der Waals surface area contributed by atoms with Gasteiger partial charge in [0.25, 0.3) is 0 Å². The molecule has 0 bridgehead atoms. The quantitative estimate of drug-likeness (QED) is 0.265. The van der Waals surface area contributed by atoms with E-state index >= 15 is 0 Å². The van der Waals surface area contributed by atoms with Crippen molar-refractivity contribution in [2.45, 2.75) is 72.5 Å². The van der Waals surface area contributed by atoms with Gasteiger partial charge in [0.15, 0.2) is 0 Å². The maximum atomic E-state index is 5.84. The third-order valence-electron chi connectivity index (χ3n) is 7.71. The fraction of sp³-hybridized carbons (Fsp3) is 0.419. The van der Waals surface area contributed by atoms with Gasteiger partial charge in [-0.2, -0.15) is 0 Å². The Hall–Kier alpha value is -2.35. The molecule has 0 saturated carbocycles. The molecule has 1 atom stereocenters. The lowest BCUT2D eigenvalue weighted by molar-refractivity contribution is 0.361. The second-order valence-electron chi connectivity index (χ2n) is 11.1. The molecule has 0 N–H and O–H groups in total. The van der Waals surface area contributed by atoms with Crippen LogP contribution in [-0.4, -0.2) is 27.5 Å². The summed E-state index contributed by atoms with van der Waals surface area (Å²) in [6.45, 7) is 17.1. The summed E-state index contributed by atoms with van der Waals surface area (Å²) >= 11 is 0.